The highest BCUT2D eigenvalue weighted by Crippen LogP contribution is 2.42. The minimum absolute atomic E-state index is 0.0262. The molecular formula is C24H36N2O3. The van der Waals surface area contributed by atoms with Gasteiger partial charge in [0.15, 0.2) is 0 Å². The molecule has 1 spiro atoms. The molecule has 0 aromatic heterocycles. The first-order valence-corrected chi connectivity index (χ1v) is 11.1. The Kier molecular flexibility index (Phi) is 5.90. The van der Waals surface area contributed by atoms with Crippen molar-refractivity contribution in [2.24, 2.45) is 11.3 Å². The van der Waals surface area contributed by atoms with Crippen molar-refractivity contribution in [2.45, 2.75) is 58.1 Å². The number of likely N-dealkylation sites (tertiary alicyclic amines) is 2. The second-order valence-electron chi connectivity index (χ2n) is 10.0. The van der Waals surface area contributed by atoms with E-state index in [1.54, 1.807) is 7.11 Å². The number of ether oxygens (including phenoxy) is 2. The summed E-state index contributed by atoms with van der Waals surface area (Å²) >= 11 is 0. The number of hydrogen-bond donors (Lipinski definition) is 0. The molecule has 3 aliphatic heterocycles. The maximum atomic E-state index is 12.7. The average Bonchev–Trinajstić information content (AvgIpc) is 2.98. The van der Waals surface area contributed by atoms with Crippen LogP contribution in [-0.2, 0) is 16.1 Å². The Hall–Kier alpha value is -1.59. The Balaban J connectivity index is 1.30. The van der Waals surface area contributed by atoms with E-state index in [0.29, 0.717) is 12.5 Å². The van der Waals surface area contributed by atoms with Crippen LogP contribution in [0.3, 0.4) is 0 Å². The highest BCUT2D eigenvalue weighted by molar-refractivity contribution is 5.79. The fourth-order valence-electron chi connectivity index (χ4n) is 5.54. The fourth-order valence-corrected chi connectivity index (χ4v) is 5.54. The van der Waals surface area contributed by atoms with E-state index in [0.717, 1.165) is 69.2 Å². The molecule has 3 saturated heterocycles. The number of carbonyl (C=O) groups is 1. The van der Waals surface area contributed by atoms with Crippen molar-refractivity contribution >= 4 is 5.91 Å². The number of methoxy groups -OCH3 is 1. The van der Waals surface area contributed by atoms with Crippen LogP contribution in [-0.4, -0.2) is 61.2 Å². The summed E-state index contributed by atoms with van der Waals surface area (Å²) in [6, 6.07) is 8.07. The molecule has 3 fully saturated rings. The second kappa shape index (κ2) is 8.27. The molecule has 1 amide bonds. The van der Waals surface area contributed by atoms with Gasteiger partial charge in [-0.1, -0.05) is 12.1 Å². The van der Waals surface area contributed by atoms with Crippen LogP contribution >= 0.6 is 0 Å². The molecule has 0 N–H and O–H groups in total. The van der Waals surface area contributed by atoms with E-state index in [1.165, 1.54) is 13.0 Å². The lowest BCUT2D eigenvalue weighted by Gasteiger charge is -2.42. The molecule has 29 heavy (non-hydrogen) atoms. The van der Waals surface area contributed by atoms with Gasteiger partial charge in [-0.2, -0.15) is 0 Å². The Morgan fingerprint density at radius 3 is 2.76 bits per heavy atom. The zero-order valence-corrected chi connectivity index (χ0v) is 18.3. The summed E-state index contributed by atoms with van der Waals surface area (Å²) < 4.78 is 11.2. The lowest BCUT2D eigenvalue weighted by molar-refractivity contribution is -0.128. The molecule has 3 heterocycles. The Morgan fingerprint density at radius 1 is 1.24 bits per heavy atom. The van der Waals surface area contributed by atoms with Crippen molar-refractivity contribution in [3.63, 3.8) is 0 Å². The minimum atomic E-state index is 0.0262. The van der Waals surface area contributed by atoms with Gasteiger partial charge in [-0.3, -0.25) is 4.79 Å². The summed E-state index contributed by atoms with van der Waals surface area (Å²) in [7, 11) is 1.68. The van der Waals surface area contributed by atoms with Gasteiger partial charge in [0.25, 0.3) is 0 Å². The van der Waals surface area contributed by atoms with Gasteiger partial charge in [0.1, 0.15) is 5.75 Å². The van der Waals surface area contributed by atoms with Gasteiger partial charge in [-0.05, 0) is 81.6 Å². The van der Waals surface area contributed by atoms with Crippen LogP contribution in [0.25, 0.3) is 0 Å². The molecular weight excluding hydrogens is 364 g/mol. The summed E-state index contributed by atoms with van der Waals surface area (Å²) in [4.78, 5) is 17.4. The second-order valence-corrected chi connectivity index (χ2v) is 10.0. The van der Waals surface area contributed by atoms with E-state index in [2.05, 4.69) is 29.7 Å². The third-order valence-electron chi connectivity index (χ3n) is 7.15. The highest BCUT2D eigenvalue weighted by Gasteiger charge is 2.45. The van der Waals surface area contributed by atoms with Crippen molar-refractivity contribution in [1.82, 2.24) is 9.80 Å². The van der Waals surface area contributed by atoms with Crippen LogP contribution in [0, 0.1) is 11.3 Å². The zero-order chi connectivity index (χ0) is 20.5. The molecule has 3 aliphatic rings. The van der Waals surface area contributed by atoms with Gasteiger partial charge in [0.05, 0.1) is 12.7 Å². The van der Waals surface area contributed by atoms with Crippen LogP contribution in [0.5, 0.6) is 5.75 Å². The number of rotatable bonds is 5. The predicted molar refractivity (Wildman–Crippen MR) is 114 cm³/mol. The van der Waals surface area contributed by atoms with Gasteiger partial charge in [0.2, 0.25) is 5.91 Å². The fraction of sp³-hybridized carbons (Fsp3) is 0.708. The number of nitrogens with zero attached hydrogens (tertiary/aromatic N) is 2. The third-order valence-corrected chi connectivity index (χ3v) is 7.15. The first-order chi connectivity index (χ1) is 13.9. The van der Waals surface area contributed by atoms with Gasteiger partial charge in [-0.25, -0.2) is 0 Å². The monoisotopic (exact) mass is 400 g/mol. The first kappa shape index (κ1) is 20.7. The van der Waals surface area contributed by atoms with Crippen LogP contribution in [0.15, 0.2) is 24.3 Å². The van der Waals surface area contributed by atoms with E-state index in [-0.39, 0.29) is 11.0 Å². The van der Waals surface area contributed by atoms with Crippen molar-refractivity contribution < 1.29 is 14.3 Å². The smallest absolute Gasteiger partial charge is 0.223 e. The summed E-state index contributed by atoms with van der Waals surface area (Å²) in [5.74, 6) is 1.91. The summed E-state index contributed by atoms with van der Waals surface area (Å²) in [6.45, 7) is 10.3. The average molecular weight is 401 g/mol. The maximum Gasteiger partial charge on any atom is 0.223 e. The largest absolute Gasteiger partial charge is 0.497 e. The predicted octanol–water partition coefficient (Wildman–Crippen LogP) is 3.71. The van der Waals surface area contributed by atoms with Crippen molar-refractivity contribution in [1.29, 1.82) is 0 Å². The van der Waals surface area contributed by atoms with Gasteiger partial charge in [-0.15, -0.1) is 0 Å². The number of piperidine rings is 1. The van der Waals surface area contributed by atoms with Gasteiger partial charge >= 0.3 is 0 Å². The zero-order valence-electron chi connectivity index (χ0n) is 18.3. The van der Waals surface area contributed by atoms with Crippen LogP contribution in [0.4, 0.5) is 0 Å². The third kappa shape index (κ3) is 4.95. The molecule has 0 bridgehead atoms. The molecule has 1 aromatic carbocycles. The maximum absolute atomic E-state index is 12.7. The quantitative estimate of drug-likeness (QED) is 0.756. The molecule has 0 aliphatic carbocycles. The molecule has 0 saturated carbocycles. The lowest BCUT2D eigenvalue weighted by atomic mass is 9.77. The topological polar surface area (TPSA) is 42.0 Å². The van der Waals surface area contributed by atoms with E-state index in [4.69, 9.17) is 9.47 Å². The summed E-state index contributed by atoms with van der Waals surface area (Å²) in [5, 5.41) is 0. The summed E-state index contributed by atoms with van der Waals surface area (Å²) in [5.41, 5.74) is 1.36. The van der Waals surface area contributed by atoms with Gasteiger partial charge in [0, 0.05) is 32.7 Å². The number of carbonyl (C=O) groups excluding carboxylic acids is 1. The number of benzene rings is 1. The Labute approximate surface area is 175 Å². The highest BCUT2D eigenvalue weighted by atomic mass is 16.5. The molecule has 1 aromatic rings. The van der Waals surface area contributed by atoms with Crippen molar-refractivity contribution in [3.8, 4) is 5.75 Å². The van der Waals surface area contributed by atoms with Crippen LogP contribution < -0.4 is 4.74 Å². The molecule has 4 rings (SSSR count). The molecule has 5 heteroatoms. The van der Waals surface area contributed by atoms with Crippen LogP contribution in [0.2, 0.25) is 0 Å². The lowest BCUT2D eigenvalue weighted by Crippen LogP contribution is -2.45. The van der Waals surface area contributed by atoms with Gasteiger partial charge < -0.3 is 19.3 Å². The number of amides is 1. The minimum Gasteiger partial charge on any atom is -0.497 e. The summed E-state index contributed by atoms with van der Waals surface area (Å²) in [6.07, 6.45) is 5.33. The van der Waals surface area contributed by atoms with E-state index >= 15 is 0 Å². The van der Waals surface area contributed by atoms with E-state index in [1.807, 2.05) is 18.2 Å². The first-order valence-electron chi connectivity index (χ1n) is 11.1. The Bertz CT molecular complexity index is 725. The Morgan fingerprint density at radius 2 is 2.03 bits per heavy atom. The standard InChI is InChI=1S/C24H36N2O3/c1-23(2)14-20(7-12-29-23)16-25-10-8-24(9-11-25)15-22(27)26(18-24)17-19-5-4-6-21(13-19)28-3/h4-6,13,20H,7-12,14-18H2,1-3H3. The molecule has 5 nitrogen and oxygen atoms in total. The normalized spacial score (nSPS) is 26.8. The molecule has 1 atom stereocenters. The molecule has 0 radical (unpaired) electrons. The SMILES string of the molecule is COc1cccc(CN2CC3(CCN(CC4CCOC(C)(C)C4)CC3)CC2=O)c1. The molecule has 1 unspecified atom stereocenters. The van der Waals surface area contributed by atoms with Crippen molar-refractivity contribution in [3.05, 3.63) is 29.8 Å². The number of hydrogen-bond acceptors (Lipinski definition) is 4. The van der Waals surface area contributed by atoms with Crippen LogP contribution in [0.1, 0.15) is 51.5 Å². The molecule has 160 valence electrons. The van der Waals surface area contributed by atoms with E-state index < -0.39 is 0 Å². The van der Waals surface area contributed by atoms with Crippen molar-refractivity contribution in [2.75, 3.05) is 39.9 Å². The van der Waals surface area contributed by atoms with E-state index in [9.17, 15) is 4.79 Å².